The number of nitrogens with zero attached hydrogens (tertiary/aromatic N) is 2. The fourth-order valence-corrected chi connectivity index (χ4v) is 2.74. The molecule has 0 aliphatic carbocycles. The number of carbonyl (C=O) groups excluding carboxylic acids is 1. The predicted molar refractivity (Wildman–Crippen MR) is 95.1 cm³/mol. The zero-order valence-corrected chi connectivity index (χ0v) is 14.6. The van der Waals surface area contributed by atoms with E-state index in [1.54, 1.807) is 17.1 Å². The molecule has 0 saturated heterocycles. The van der Waals surface area contributed by atoms with Crippen LogP contribution in [0.15, 0.2) is 36.7 Å². The summed E-state index contributed by atoms with van der Waals surface area (Å²) in [6, 6.07) is 7.58. The number of nitrogens with one attached hydrogen (secondary N) is 2. The minimum Gasteiger partial charge on any atom is -0.486 e. The number of carbonyl (C=O) groups is 1. The van der Waals surface area contributed by atoms with E-state index in [9.17, 15) is 4.79 Å². The molecule has 2 aromatic rings. The van der Waals surface area contributed by atoms with Crippen molar-refractivity contribution in [2.45, 2.75) is 45.4 Å². The number of amides is 2. The first-order chi connectivity index (χ1) is 12.2. The molecule has 7 nitrogen and oxygen atoms in total. The van der Waals surface area contributed by atoms with Crippen molar-refractivity contribution < 1.29 is 14.3 Å². The van der Waals surface area contributed by atoms with Gasteiger partial charge < -0.3 is 20.1 Å². The maximum absolute atomic E-state index is 12.0. The van der Waals surface area contributed by atoms with Gasteiger partial charge in [-0.25, -0.2) is 4.79 Å². The number of para-hydroxylation sites is 2. The Labute approximate surface area is 147 Å². The molecule has 134 valence electrons. The number of fused-ring (bicyclic) bond motifs is 1. The number of rotatable bonds is 6. The Morgan fingerprint density at radius 3 is 2.84 bits per heavy atom. The van der Waals surface area contributed by atoms with Crippen LogP contribution in [-0.4, -0.2) is 34.6 Å². The second-order valence-corrected chi connectivity index (χ2v) is 6.06. The minimum absolute atomic E-state index is 0.124. The lowest BCUT2D eigenvalue weighted by atomic mass is 10.2. The molecule has 0 fully saturated rings. The number of aromatic nitrogens is 2. The largest absolute Gasteiger partial charge is 0.486 e. The van der Waals surface area contributed by atoms with E-state index in [1.165, 1.54) is 0 Å². The van der Waals surface area contributed by atoms with E-state index >= 15 is 0 Å². The van der Waals surface area contributed by atoms with Crippen LogP contribution in [0.5, 0.6) is 11.5 Å². The van der Waals surface area contributed by atoms with Crippen LogP contribution in [0.1, 0.15) is 26.7 Å². The maximum atomic E-state index is 12.0. The smallest absolute Gasteiger partial charge is 0.319 e. The molecule has 0 saturated carbocycles. The van der Waals surface area contributed by atoms with Gasteiger partial charge in [0.2, 0.25) is 0 Å². The highest BCUT2D eigenvalue weighted by atomic mass is 16.6. The van der Waals surface area contributed by atoms with Gasteiger partial charge in [0.1, 0.15) is 6.61 Å². The molecule has 2 amide bonds. The number of benzene rings is 1. The molecule has 1 aromatic heterocycles. The molecule has 1 aliphatic rings. The van der Waals surface area contributed by atoms with Crippen molar-refractivity contribution >= 4 is 11.7 Å². The van der Waals surface area contributed by atoms with E-state index < -0.39 is 0 Å². The number of anilines is 1. The number of hydrogen-bond acceptors (Lipinski definition) is 4. The monoisotopic (exact) mass is 344 g/mol. The topological polar surface area (TPSA) is 77.4 Å². The molecular weight excluding hydrogens is 320 g/mol. The van der Waals surface area contributed by atoms with Crippen LogP contribution in [0, 0.1) is 0 Å². The lowest BCUT2D eigenvalue weighted by Crippen LogP contribution is -2.37. The molecule has 0 bridgehead atoms. The summed E-state index contributed by atoms with van der Waals surface area (Å²) in [6.07, 6.45) is 5.11. The van der Waals surface area contributed by atoms with Gasteiger partial charge in [0.15, 0.2) is 17.6 Å². The standard InChI is InChI=1S/C18H24N4O3/c1-3-13(4-2)20-18(23)21-14-9-19-22(10-14)11-15-12-24-16-7-5-6-8-17(16)25-15/h5-10,13,15H,3-4,11-12H2,1-2H3,(H2,20,21,23). The second-order valence-electron chi connectivity index (χ2n) is 6.06. The molecule has 3 rings (SSSR count). The second kappa shape index (κ2) is 7.92. The molecule has 2 N–H and O–H groups in total. The van der Waals surface area contributed by atoms with Gasteiger partial charge in [-0.1, -0.05) is 26.0 Å². The van der Waals surface area contributed by atoms with Crippen molar-refractivity contribution in [1.29, 1.82) is 0 Å². The Morgan fingerprint density at radius 2 is 2.08 bits per heavy atom. The molecule has 2 heterocycles. The summed E-state index contributed by atoms with van der Waals surface area (Å²) in [5.41, 5.74) is 0.653. The van der Waals surface area contributed by atoms with Crippen LogP contribution in [0.4, 0.5) is 10.5 Å². The first-order valence-electron chi connectivity index (χ1n) is 8.66. The van der Waals surface area contributed by atoms with E-state index in [0.29, 0.717) is 18.8 Å². The lowest BCUT2D eigenvalue weighted by Gasteiger charge is -2.26. The Morgan fingerprint density at radius 1 is 1.32 bits per heavy atom. The van der Waals surface area contributed by atoms with Gasteiger partial charge in [-0.15, -0.1) is 0 Å². The lowest BCUT2D eigenvalue weighted by molar-refractivity contribution is 0.0759. The van der Waals surface area contributed by atoms with E-state index in [0.717, 1.165) is 24.3 Å². The molecule has 1 unspecified atom stereocenters. The van der Waals surface area contributed by atoms with Gasteiger partial charge >= 0.3 is 6.03 Å². The summed E-state index contributed by atoms with van der Waals surface area (Å²) in [5.74, 6) is 1.51. The zero-order valence-electron chi connectivity index (χ0n) is 14.6. The average Bonchev–Trinajstić information content (AvgIpc) is 3.06. The quantitative estimate of drug-likeness (QED) is 0.844. The number of ether oxygens (including phenoxy) is 2. The summed E-state index contributed by atoms with van der Waals surface area (Å²) in [4.78, 5) is 12.0. The normalized spacial score (nSPS) is 15.9. The summed E-state index contributed by atoms with van der Waals surface area (Å²) in [5, 5.41) is 10.0. The first-order valence-corrected chi connectivity index (χ1v) is 8.66. The van der Waals surface area contributed by atoms with E-state index in [-0.39, 0.29) is 18.2 Å². The molecule has 25 heavy (non-hydrogen) atoms. The fraction of sp³-hybridized carbons (Fsp3) is 0.444. The molecule has 1 atom stereocenters. The molecule has 1 aromatic carbocycles. The molecule has 7 heteroatoms. The summed E-state index contributed by atoms with van der Waals surface area (Å²) in [7, 11) is 0. The average molecular weight is 344 g/mol. The Bertz CT molecular complexity index is 712. The van der Waals surface area contributed by atoms with Crippen molar-refractivity contribution in [1.82, 2.24) is 15.1 Å². The third kappa shape index (κ3) is 4.43. The molecular formula is C18H24N4O3. The zero-order chi connectivity index (χ0) is 17.6. The fourth-order valence-electron chi connectivity index (χ4n) is 2.74. The summed E-state index contributed by atoms with van der Waals surface area (Å²) < 4.78 is 13.4. The number of hydrogen-bond donors (Lipinski definition) is 2. The molecule has 0 spiro atoms. The summed E-state index contributed by atoms with van der Waals surface area (Å²) in [6.45, 7) is 5.12. The molecule has 0 radical (unpaired) electrons. The van der Waals surface area contributed by atoms with Crippen LogP contribution >= 0.6 is 0 Å². The molecule has 1 aliphatic heterocycles. The van der Waals surface area contributed by atoms with Crippen LogP contribution in [-0.2, 0) is 6.54 Å². The van der Waals surface area contributed by atoms with Gasteiger partial charge in [0.05, 0.1) is 18.4 Å². The third-order valence-corrected chi connectivity index (χ3v) is 4.17. The maximum Gasteiger partial charge on any atom is 0.319 e. The minimum atomic E-state index is -0.209. The van der Waals surface area contributed by atoms with Crippen LogP contribution in [0.2, 0.25) is 0 Å². The van der Waals surface area contributed by atoms with Crippen molar-refractivity contribution in [3.63, 3.8) is 0 Å². The van der Waals surface area contributed by atoms with E-state index in [2.05, 4.69) is 29.6 Å². The predicted octanol–water partition coefficient (Wildman–Crippen LogP) is 3.03. The highest BCUT2D eigenvalue weighted by Crippen LogP contribution is 2.31. The van der Waals surface area contributed by atoms with Crippen LogP contribution in [0.25, 0.3) is 0 Å². The van der Waals surface area contributed by atoms with Gasteiger partial charge in [0, 0.05) is 12.2 Å². The highest BCUT2D eigenvalue weighted by molar-refractivity contribution is 5.89. The summed E-state index contributed by atoms with van der Waals surface area (Å²) >= 11 is 0. The van der Waals surface area contributed by atoms with Gasteiger partial charge in [0.25, 0.3) is 0 Å². The van der Waals surface area contributed by atoms with Crippen molar-refractivity contribution in [2.24, 2.45) is 0 Å². The van der Waals surface area contributed by atoms with Crippen LogP contribution in [0.3, 0.4) is 0 Å². The van der Waals surface area contributed by atoms with Crippen molar-refractivity contribution in [3.8, 4) is 11.5 Å². The Kier molecular flexibility index (Phi) is 5.42. The Hall–Kier alpha value is -2.70. The van der Waals surface area contributed by atoms with Gasteiger partial charge in [-0.2, -0.15) is 5.10 Å². The van der Waals surface area contributed by atoms with E-state index in [1.807, 2.05) is 24.3 Å². The SMILES string of the molecule is CCC(CC)NC(=O)Nc1cnn(CC2COc3ccccc3O2)c1. The number of urea groups is 1. The van der Waals surface area contributed by atoms with Crippen molar-refractivity contribution in [2.75, 3.05) is 11.9 Å². The Balaban J connectivity index is 1.53. The third-order valence-electron chi connectivity index (χ3n) is 4.17. The van der Waals surface area contributed by atoms with Crippen molar-refractivity contribution in [3.05, 3.63) is 36.7 Å². The first kappa shape index (κ1) is 17.1. The van der Waals surface area contributed by atoms with Crippen LogP contribution < -0.4 is 20.1 Å². The highest BCUT2D eigenvalue weighted by Gasteiger charge is 2.21. The van der Waals surface area contributed by atoms with Gasteiger partial charge in [-0.3, -0.25) is 4.68 Å². The van der Waals surface area contributed by atoms with Gasteiger partial charge in [-0.05, 0) is 25.0 Å². The van der Waals surface area contributed by atoms with E-state index in [4.69, 9.17) is 9.47 Å².